The number of benzene rings is 10. The van der Waals surface area contributed by atoms with Gasteiger partial charge in [0.25, 0.3) is 0 Å². The topological polar surface area (TPSA) is 148 Å². The van der Waals surface area contributed by atoms with Gasteiger partial charge in [-0.15, -0.1) is 0 Å². The molecule has 16 nitrogen and oxygen atoms in total. The summed E-state index contributed by atoms with van der Waals surface area (Å²) in [6.07, 6.45) is -13.3. The first-order valence-corrected chi connectivity index (χ1v) is 36.3. The van der Waals surface area contributed by atoms with Crippen molar-refractivity contribution in [1.29, 1.82) is 0 Å². The SMILES string of the molecule is CO[C@H]1O[C@H](CO[C@H]2O[C@H](CO[C@H]3O[C@H](COCc4ccccc4)[C@@H](OCc4ccccc4)[C@H](OCc4ccccc4)[C@@H]3OCc3ccccc3)[C@@H](OCc3ccccc3)[C@H](OCc3ccccc3)[C@@H]2OCc2ccccc2)[C@@H](OCc2ccccc2)[C@H](OCc2ccccc2)[C@@H]1OCc1ccccc1. The van der Waals surface area contributed by atoms with E-state index in [0.29, 0.717) is 6.61 Å². The Morgan fingerprint density at radius 1 is 0.190 bits per heavy atom. The Balaban J connectivity index is 0.877. The summed E-state index contributed by atoms with van der Waals surface area (Å²) in [5, 5.41) is 0. The van der Waals surface area contributed by atoms with Crippen LogP contribution in [-0.4, -0.2) is 119 Å². The summed E-state index contributed by atoms with van der Waals surface area (Å²) in [4.78, 5) is 0. The van der Waals surface area contributed by atoms with Crippen LogP contribution in [0.25, 0.3) is 0 Å². The van der Waals surface area contributed by atoms with Crippen molar-refractivity contribution in [1.82, 2.24) is 0 Å². The second kappa shape index (κ2) is 40.3. The first kappa shape index (κ1) is 74.8. The predicted octanol–water partition coefficient (Wildman–Crippen LogP) is 15.3. The highest BCUT2D eigenvalue weighted by molar-refractivity contribution is 5.22. The normalized spacial score (nSPS) is 24.6. The van der Waals surface area contributed by atoms with E-state index in [2.05, 4.69) is 0 Å². The van der Waals surface area contributed by atoms with Crippen LogP contribution in [0.15, 0.2) is 303 Å². The van der Waals surface area contributed by atoms with Gasteiger partial charge in [-0.2, -0.15) is 0 Å². The van der Waals surface area contributed by atoms with Crippen molar-refractivity contribution in [2.45, 2.75) is 158 Å². The van der Waals surface area contributed by atoms with Crippen molar-refractivity contribution >= 4 is 0 Å². The molecule has 3 heterocycles. The summed E-state index contributed by atoms with van der Waals surface area (Å²) in [5.74, 6) is 0. The van der Waals surface area contributed by atoms with Crippen LogP contribution >= 0.6 is 0 Å². The van der Waals surface area contributed by atoms with Gasteiger partial charge < -0.3 is 75.8 Å². The fraction of sp³-hybridized carbons (Fsp3) is 0.326. The van der Waals surface area contributed by atoms with E-state index in [1.807, 2.05) is 303 Å². The Morgan fingerprint density at radius 3 is 0.600 bits per heavy atom. The fourth-order valence-electron chi connectivity index (χ4n) is 13.3. The molecule has 0 unspecified atom stereocenters. The zero-order valence-electron chi connectivity index (χ0n) is 59.3. The summed E-state index contributed by atoms with van der Waals surface area (Å²) >= 11 is 0. The third-order valence-corrected chi connectivity index (χ3v) is 18.8. The maximum absolute atomic E-state index is 7.52. The van der Waals surface area contributed by atoms with Gasteiger partial charge in [-0.3, -0.25) is 0 Å². The number of hydrogen-bond donors (Lipinski definition) is 0. The third kappa shape index (κ3) is 22.1. The van der Waals surface area contributed by atoms with Gasteiger partial charge in [-0.25, -0.2) is 0 Å². The molecule has 10 aromatic carbocycles. The minimum Gasteiger partial charge on any atom is -0.374 e. The molecule has 546 valence electrons. The van der Waals surface area contributed by atoms with Crippen molar-refractivity contribution in [3.05, 3.63) is 359 Å². The van der Waals surface area contributed by atoms with Crippen molar-refractivity contribution in [2.75, 3.05) is 26.9 Å². The number of rotatable bonds is 38. The van der Waals surface area contributed by atoms with E-state index >= 15 is 0 Å². The largest absolute Gasteiger partial charge is 0.374 e. The number of ether oxygens (including phenoxy) is 16. The standard InChI is InChI=1S/C89H94O16/c1-90-87-84(98-59-72-46-26-9-27-47-72)81(95-56-69-40-20-6-21-41-69)79(93-54-67-36-16-4-17-37-67)76(103-87)63-101-89-86(100-61-74-50-30-11-31-51-74)83(97-58-71-44-24-8-25-45-71)80(94-55-68-38-18-5-19-39-68)77(105-89)64-102-88-85(99-60-73-48-28-10-29-49-73)82(96-57-70-42-22-7-23-43-70)78(92-53-66-34-14-3-15-35-66)75(104-88)62-91-52-65-32-12-2-13-33-65/h2-51,75-89H,52-64H2,1H3/t75-,76-,77-,78-,79-,80-,81+,82+,83+,84+,85+,86+,87+,88+,89+/m1/s1. The van der Waals surface area contributed by atoms with E-state index in [0.717, 1.165) is 55.6 Å². The maximum atomic E-state index is 7.52. The van der Waals surface area contributed by atoms with Gasteiger partial charge in [-0.1, -0.05) is 303 Å². The second-order valence-electron chi connectivity index (χ2n) is 26.4. The van der Waals surface area contributed by atoms with Gasteiger partial charge in [0.2, 0.25) is 0 Å². The molecule has 0 saturated carbocycles. The smallest absolute Gasteiger partial charge is 0.187 e. The fourth-order valence-corrected chi connectivity index (χ4v) is 13.3. The van der Waals surface area contributed by atoms with Gasteiger partial charge in [-0.05, 0) is 55.6 Å². The van der Waals surface area contributed by atoms with Gasteiger partial charge >= 0.3 is 0 Å². The van der Waals surface area contributed by atoms with Crippen molar-refractivity contribution in [2.24, 2.45) is 0 Å². The molecule has 0 bridgehead atoms. The highest BCUT2D eigenvalue weighted by Crippen LogP contribution is 2.38. The lowest BCUT2D eigenvalue weighted by molar-refractivity contribution is -0.362. The lowest BCUT2D eigenvalue weighted by Gasteiger charge is -2.49. The summed E-state index contributed by atoms with van der Waals surface area (Å²) in [6, 6.07) is 100. The Morgan fingerprint density at radius 2 is 0.371 bits per heavy atom. The molecule has 105 heavy (non-hydrogen) atoms. The molecule has 0 aliphatic carbocycles. The van der Waals surface area contributed by atoms with E-state index in [9.17, 15) is 0 Å². The Kier molecular flexibility index (Phi) is 28.7. The van der Waals surface area contributed by atoms with Crippen LogP contribution in [0.5, 0.6) is 0 Å². The minimum atomic E-state index is -1.19. The first-order chi connectivity index (χ1) is 52.0. The average Bonchev–Trinajstić information content (AvgIpc) is 0.804. The Labute approximate surface area is 616 Å². The lowest BCUT2D eigenvalue weighted by Crippen LogP contribution is -2.65. The van der Waals surface area contributed by atoms with Crippen LogP contribution < -0.4 is 0 Å². The molecule has 0 aromatic heterocycles. The zero-order valence-corrected chi connectivity index (χ0v) is 59.3. The molecule has 13 rings (SSSR count). The van der Waals surface area contributed by atoms with E-state index in [1.165, 1.54) is 0 Å². The molecule has 0 radical (unpaired) electrons. The summed E-state index contributed by atoms with van der Waals surface area (Å²) in [6.45, 7) is 2.08. The number of methoxy groups -OCH3 is 1. The van der Waals surface area contributed by atoms with Crippen LogP contribution in [0, 0.1) is 0 Å². The number of hydrogen-bond acceptors (Lipinski definition) is 16. The maximum Gasteiger partial charge on any atom is 0.187 e. The molecule has 3 fully saturated rings. The van der Waals surface area contributed by atoms with E-state index in [-0.39, 0.29) is 79.3 Å². The molecule has 3 aliphatic rings. The molecular weight excluding hydrogens is 1320 g/mol. The average molecular weight is 1420 g/mol. The molecule has 16 heteroatoms. The van der Waals surface area contributed by atoms with E-state index in [4.69, 9.17) is 75.8 Å². The van der Waals surface area contributed by atoms with Gasteiger partial charge in [0.05, 0.1) is 85.9 Å². The summed E-state index contributed by atoms with van der Waals surface area (Å²) in [5.41, 5.74) is 9.55. The quantitative estimate of drug-likeness (QED) is 0.0361. The van der Waals surface area contributed by atoms with Gasteiger partial charge in [0, 0.05) is 7.11 Å². The highest BCUT2D eigenvalue weighted by atomic mass is 16.8. The monoisotopic (exact) mass is 1420 g/mol. The van der Waals surface area contributed by atoms with Gasteiger partial charge in [0.15, 0.2) is 18.9 Å². The molecule has 0 N–H and O–H groups in total. The van der Waals surface area contributed by atoms with Crippen LogP contribution in [0.3, 0.4) is 0 Å². The van der Waals surface area contributed by atoms with Crippen LogP contribution in [0.2, 0.25) is 0 Å². The van der Waals surface area contributed by atoms with E-state index < -0.39 is 92.1 Å². The molecule has 15 atom stereocenters. The van der Waals surface area contributed by atoms with E-state index in [1.54, 1.807) is 7.11 Å². The molecule has 0 amide bonds. The minimum absolute atomic E-state index is 0.112. The summed E-state index contributed by atoms with van der Waals surface area (Å²) < 4.78 is 114. The van der Waals surface area contributed by atoms with Crippen LogP contribution in [0.1, 0.15) is 55.6 Å². The van der Waals surface area contributed by atoms with Crippen molar-refractivity contribution < 1.29 is 75.8 Å². The van der Waals surface area contributed by atoms with Gasteiger partial charge in [0.1, 0.15) is 73.2 Å². The lowest BCUT2D eigenvalue weighted by atomic mass is 9.96. The van der Waals surface area contributed by atoms with Crippen molar-refractivity contribution in [3.63, 3.8) is 0 Å². The molecule has 3 saturated heterocycles. The van der Waals surface area contributed by atoms with Crippen molar-refractivity contribution in [3.8, 4) is 0 Å². The molecule has 10 aromatic rings. The van der Waals surface area contributed by atoms with Crippen LogP contribution in [-0.2, 0) is 142 Å². The second-order valence-corrected chi connectivity index (χ2v) is 26.4. The molecule has 3 aliphatic heterocycles. The zero-order chi connectivity index (χ0) is 71.3. The Bertz CT molecular complexity index is 3980. The van der Waals surface area contributed by atoms with Crippen LogP contribution in [0.4, 0.5) is 0 Å². The first-order valence-electron chi connectivity index (χ1n) is 36.3. The third-order valence-electron chi connectivity index (χ3n) is 18.8. The Hall–Kier alpha value is -8.44. The molecular formula is C89H94O16. The molecule has 0 spiro atoms. The highest BCUT2D eigenvalue weighted by Gasteiger charge is 2.54. The summed E-state index contributed by atoms with van der Waals surface area (Å²) in [7, 11) is 1.61. The predicted molar refractivity (Wildman–Crippen MR) is 396 cm³/mol.